The van der Waals surface area contributed by atoms with Gasteiger partial charge in [-0.05, 0) is 12.8 Å². The molecule has 14 heavy (non-hydrogen) atoms. The number of amidine groups is 1. The molecular weight excluding hydrogens is 172 g/mol. The van der Waals surface area contributed by atoms with Gasteiger partial charge in [0, 0.05) is 0 Å². The van der Waals surface area contributed by atoms with E-state index in [4.69, 9.17) is 0 Å². The quantitative estimate of drug-likeness (QED) is 0.598. The normalized spacial score (nSPS) is 19.1. The van der Waals surface area contributed by atoms with Crippen LogP contribution in [0.5, 0.6) is 0 Å². The van der Waals surface area contributed by atoms with Gasteiger partial charge in [-0.1, -0.05) is 26.7 Å². The van der Waals surface area contributed by atoms with Crippen molar-refractivity contribution in [1.29, 1.82) is 0 Å². The Hall–Kier alpha value is -0.630. The zero-order valence-electron chi connectivity index (χ0n) is 9.95. The Morgan fingerprint density at radius 1 is 1.21 bits per heavy atom. The van der Waals surface area contributed by atoms with E-state index in [2.05, 4.69) is 39.1 Å². The molecule has 0 spiro atoms. The highest BCUT2D eigenvalue weighted by atomic mass is 15.4. The summed E-state index contributed by atoms with van der Waals surface area (Å²) in [5.74, 6) is 2.02. The highest BCUT2D eigenvalue weighted by Gasteiger charge is 2.31. The highest BCUT2D eigenvalue weighted by molar-refractivity contribution is 5.80. The third-order valence-electron chi connectivity index (χ3n) is 2.88. The van der Waals surface area contributed by atoms with Gasteiger partial charge in [-0.25, -0.2) is 4.99 Å². The van der Waals surface area contributed by atoms with Crippen molar-refractivity contribution in [2.45, 2.75) is 39.5 Å². The molecule has 0 fully saturated rings. The molecule has 0 saturated carbocycles. The number of quaternary nitrogens is 1. The second-order valence-electron chi connectivity index (χ2n) is 4.60. The van der Waals surface area contributed by atoms with Crippen molar-refractivity contribution in [3.63, 3.8) is 0 Å². The van der Waals surface area contributed by atoms with Gasteiger partial charge >= 0.3 is 0 Å². The van der Waals surface area contributed by atoms with E-state index < -0.39 is 0 Å². The number of aliphatic imine (C=N–C) groups is 1. The molecular formula is C12H23N2+. The molecule has 1 aliphatic rings. The Kier molecular flexibility index (Phi) is 3.87. The number of rotatable bonds is 5. The highest BCUT2D eigenvalue weighted by Crippen LogP contribution is 2.24. The van der Waals surface area contributed by atoms with Gasteiger partial charge in [0.05, 0.1) is 26.2 Å². The zero-order chi connectivity index (χ0) is 10.6. The molecule has 1 rings (SSSR count). The van der Waals surface area contributed by atoms with Gasteiger partial charge in [-0.15, -0.1) is 0 Å². The van der Waals surface area contributed by atoms with E-state index in [1.807, 2.05) is 6.20 Å². The van der Waals surface area contributed by atoms with Crippen LogP contribution in [0.4, 0.5) is 0 Å². The Morgan fingerprint density at radius 3 is 2.14 bits per heavy atom. The van der Waals surface area contributed by atoms with E-state index in [-0.39, 0.29) is 0 Å². The molecule has 0 atom stereocenters. The van der Waals surface area contributed by atoms with Crippen LogP contribution in [0.15, 0.2) is 17.4 Å². The molecule has 0 aliphatic carbocycles. The summed E-state index contributed by atoms with van der Waals surface area (Å²) in [6, 6.07) is 0. The van der Waals surface area contributed by atoms with E-state index in [0.717, 1.165) is 4.48 Å². The molecule has 0 saturated heterocycles. The summed E-state index contributed by atoms with van der Waals surface area (Å²) in [5.41, 5.74) is 0. The predicted octanol–water partition coefficient (Wildman–Crippen LogP) is 3.16. The number of hydrogen-bond donors (Lipinski definition) is 0. The summed E-state index contributed by atoms with van der Waals surface area (Å²) in [7, 11) is 4.42. The lowest BCUT2D eigenvalue weighted by Crippen LogP contribution is -2.42. The van der Waals surface area contributed by atoms with Crippen LogP contribution >= 0.6 is 0 Å². The topological polar surface area (TPSA) is 12.4 Å². The van der Waals surface area contributed by atoms with Gasteiger partial charge in [0.1, 0.15) is 6.20 Å². The maximum absolute atomic E-state index is 4.53. The minimum atomic E-state index is 0.676. The van der Waals surface area contributed by atoms with Gasteiger partial charge < -0.3 is 0 Å². The van der Waals surface area contributed by atoms with Crippen LogP contribution in [-0.4, -0.2) is 24.4 Å². The van der Waals surface area contributed by atoms with Crippen LogP contribution in [0.1, 0.15) is 39.5 Å². The maximum Gasteiger partial charge on any atom is 0.210 e. The van der Waals surface area contributed by atoms with E-state index >= 15 is 0 Å². The lowest BCUT2D eigenvalue weighted by molar-refractivity contribution is -0.743. The van der Waals surface area contributed by atoms with E-state index in [0.29, 0.717) is 5.92 Å². The average molecular weight is 195 g/mol. The number of hydrogen-bond acceptors (Lipinski definition) is 1. The lowest BCUT2D eigenvalue weighted by Gasteiger charge is -2.27. The molecule has 0 bridgehead atoms. The van der Waals surface area contributed by atoms with Crippen molar-refractivity contribution >= 4 is 5.84 Å². The predicted molar refractivity (Wildman–Crippen MR) is 62.0 cm³/mol. The average Bonchev–Trinajstić information content (AvgIpc) is 2.45. The van der Waals surface area contributed by atoms with Crippen molar-refractivity contribution < 1.29 is 4.48 Å². The number of nitrogens with zero attached hydrogens (tertiary/aromatic N) is 2. The summed E-state index contributed by atoms with van der Waals surface area (Å²) in [4.78, 5) is 4.53. The van der Waals surface area contributed by atoms with Gasteiger partial charge in [-0.2, -0.15) is 0 Å². The van der Waals surface area contributed by atoms with Crippen molar-refractivity contribution in [1.82, 2.24) is 0 Å². The SMILES string of the molecule is CCCC(CCC)C1=NC=C[N+]1(C)C. The Bertz CT molecular complexity index is 233. The molecule has 0 radical (unpaired) electrons. The first-order valence-corrected chi connectivity index (χ1v) is 5.71. The molecule has 0 N–H and O–H groups in total. The largest absolute Gasteiger partial charge is 0.256 e. The smallest absolute Gasteiger partial charge is 0.210 e. The first-order valence-electron chi connectivity index (χ1n) is 5.71. The summed E-state index contributed by atoms with van der Waals surface area (Å²) < 4.78 is 0.852. The summed E-state index contributed by atoms with van der Waals surface area (Å²) >= 11 is 0. The molecule has 0 aromatic carbocycles. The van der Waals surface area contributed by atoms with Crippen LogP contribution in [0.25, 0.3) is 0 Å². The van der Waals surface area contributed by atoms with Crippen LogP contribution in [0, 0.1) is 5.92 Å². The molecule has 1 heterocycles. The van der Waals surface area contributed by atoms with E-state index in [1.54, 1.807) is 0 Å². The monoisotopic (exact) mass is 195 g/mol. The lowest BCUT2D eigenvalue weighted by atomic mass is 9.96. The van der Waals surface area contributed by atoms with E-state index in [9.17, 15) is 0 Å². The van der Waals surface area contributed by atoms with Crippen LogP contribution in [-0.2, 0) is 0 Å². The molecule has 0 aromatic rings. The minimum Gasteiger partial charge on any atom is -0.256 e. The fourth-order valence-corrected chi connectivity index (χ4v) is 2.18. The standard InChI is InChI=1S/C12H23N2/c1-5-7-11(8-6-2)12-13-9-10-14(12,3)4/h9-11H,5-8H2,1-4H3/q+1. The molecule has 2 heteroatoms. The van der Waals surface area contributed by atoms with Crippen molar-refractivity contribution in [2.24, 2.45) is 10.9 Å². The summed E-state index contributed by atoms with van der Waals surface area (Å²) in [5, 5.41) is 0. The Morgan fingerprint density at radius 2 is 1.79 bits per heavy atom. The second kappa shape index (κ2) is 4.74. The van der Waals surface area contributed by atoms with Crippen molar-refractivity contribution in [3.05, 3.63) is 12.4 Å². The Balaban J connectivity index is 2.69. The molecule has 0 unspecified atom stereocenters. The molecule has 1 aliphatic heterocycles. The fraction of sp³-hybridized carbons (Fsp3) is 0.750. The van der Waals surface area contributed by atoms with Crippen LogP contribution in [0.2, 0.25) is 0 Å². The van der Waals surface area contributed by atoms with Crippen LogP contribution in [0.3, 0.4) is 0 Å². The molecule has 2 nitrogen and oxygen atoms in total. The summed E-state index contributed by atoms with van der Waals surface area (Å²) in [6.07, 6.45) is 9.17. The second-order valence-corrected chi connectivity index (χ2v) is 4.60. The summed E-state index contributed by atoms with van der Waals surface area (Å²) in [6.45, 7) is 4.51. The minimum absolute atomic E-state index is 0.676. The van der Waals surface area contributed by atoms with Gasteiger partial charge in [-0.3, -0.25) is 4.48 Å². The third kappa shape index (κ3) is 2.44. The first-order chi connectivity index (χ1) is 6.61. The van der Waals surface area contributed by atoms with Crippen molar-refractivity contribution in [3.8, 4) is 0 Å². The Labute approximate surface area is 87.9 Å². The third-order valence-corrected chi connectivity index (χ3v) is 2.88. The van der Waals surface area contributed by atoms with Gasteiger partial charge in [0.2, 0.25) is 5.84 Å². The first kappa shape index (κ1) is 11.4. The molecule has 0 aromatic heterocycles. The molecule has 0 amide bonds. The zero-order valence-corrected chi connectivity index (χ0v) is 9.95. The van der Waals surface area contributed by atoms with E-state index in [1.165, 1.54) is 31.5 Å². The van der Waals surface area contributed by atoms with Crippen LogP contribution < -0.4 is 0 Å². The van der Waals surface area contributed by atoms with Crippen molar-refractivity contribution in [2.75, 3.05) is 14.1 Å². The van der Waals surface area contributed by atoms with Gasteiger partial charge in [0.15, 0.2) is 0 Å². The maximum atomic E-state index is 4.53. The molecule has 80 valence electrons. The van der Waals surface area contributed by atoms with Gasteiger partial charge in [0.25, 0.3) is 0 Å². The fourth-order valence-electron chi connectivity index (χ4n) is 2.18.